The van der Waals surface area contributed by atoms with Crippen LogP contribution in [0, 0.1) is 13.8 Å². The number of hydrogen-bond acceptors (Lipinski definition) is 1. The Hall–Kier alpha value is -3.65. The summed E-state index contributed by atoms with van der Waals surface area (Å²) in [7, 11) is 0. The van der Waals surface area contributed by atoms with Gasteiger partial charge >= 0.3 is 0 Å². The summed E-state index contributed by atoms with van der Waals surface area (Å²) in [6, 6.07) is 36.6. The van der Waals surface area contributed by atoms with Crippen molar-refractivity contribution in [3.63, 3.8) is 0 Å². The summed E-state index contributed by atoms with van der Waals surface area (Å²) < 4.78 is 2.40. The van der Waals surface area contributed by atoms with Crippen LogP contribution in [0.2, 0.25) is 0 Å². The van der Waals surface area contributed by atoms with Crippen LogP contribution in [0.1, 0.15) is 39.6 Å². The molecular weight excluding hydrogens is 376 g/mol. The predicted octanol–water partition coefficient (Wildman–Crippen LogP) is 6.88. The summed E-state index contributed by atoms with van der Waals surface area (Å²) in [6.07, 6.45) is 0. The molecule has 0 fully saturated rings. The van der Waals surface area contributed by atoms with E-state index >= 15 is 0 Å². The van der Waals surface area contributed by atoms with Gasteiger partial charge in [-0.05, 0) is 48.2 Å². The second kappa shape index (κ2) is 8.23. The molecule has 5 rings (SSSR count). The quantitative estimate of drug-likeness (QED) is 0.313. The SMILES string of the molecule is Cc1ccc(C)c(Cn2c(C(c3ccccc3)c3ccccc3)nc3ccccc32)c1. The van der Waals surface area contributed by atoms with E-state index in [0.29, 0.717) is 0 Å². The van der Waals surface area contributed by atoms with E-state index in [1.807, 2.05) is 0 Å². The number of nitrogens with zero attached hydrogens (tertiary/aromatic N) is 2. The summed E-state index contributed by atoms with van der Waals surface area (Å²) in [6.45, 7) is 5.16. The lowest BCUT2D eigenvalue weighted by atomic mass is 9.90. The minimum Gasteiger partial charge on any atom is -0.323 e. The van der Waals surface area contributed by atoms with Crippen molar-refractivity contribution in [1.29, 1.82) is 0 Å². The molecule has 2 nitrogen and oxygen atoms in total. The van der Waals surface area contributed by atoms with Crippen LogP contribution in [0.3, 0.4) is 0 Å². The van der Waals surface area contributed by atoms with Crippen molar-refractivity contribution in [2.45, 2.75) is 26.3 Å². The summed E-state index contributed by atoms with van der Waals surface area (Å²) in [5.41, 5.74) is 8.66. The maximum atomic E-state index is 5.18. The highest BCUT2D eigenvalue weighted by Gasteiger charge is 2.24. The summed E-state index contributed by atoms with van der Waals surface area (Å²) in [5.74, 6) is 1.15. The molecular formula is C29H26N2. The number of para-hydroxylation sites is 2. The third-order valence-electron chi connectivity index (χ3n) is 6.04. The average molecular weight is 403 g/mol. The fraction of sp³-hybridized carbons (Fsp3) is 0.138. The highest BCUT2D eigenvalue weighted by Crippen LogP contribution is 2.34. The third-order valence-corrected chi connectivity index (χ3v) is 6.04. The summed E-state index contributed by atoms with van der Waals surface area (Å²) >= 11 is 0. The normalized spacial score (nSPS) is 11.3. The zero-order chi connectivity index (χ0) is 21.2. The molecule has 31 heavy (non-hydrogen) atoms. The maximum absolute atomic E-state index is 5.18. The van der Waals surface area contributed by atoms with Crippen molar-refractivity contribution in [3.05, 3.63) is 137 Å². The Labute approximate surface area is 183 Å². The van der Waals surface area contributed by atoms with Crippen molar-refractivity contribution in [2.75, 3.05) is 0 Å². The first-order chi connectivity index (χ1) is 15.2. The highest BCUT2D eigenvalue weighted by molar-refractivity contribution is 5.76. The number of aromatic nitrogens is 2. The first-order valence-electron chi connectivity index (χ1n) is 10.8. The van der Waals surface area contributed by atoms with Gasteiger partial charge < -0.3 is 4.57 Å². The number of fused-ring (bicyclic) bond motifs is 1. The standard InChI is InChI=1S/C29H26N2/c1-21-17-18-22(2)25(19-21)20-31-27-16-10-9-15-26(27)30-29(31)28(23-11-5-3-6-12-23)24-13-7-4-8-14-24/h3-19,28H,20H2,1-2H3. The van der Waals surface area contributed by atoms with Crippen LogP contribution in [-0.4, -0.2) is 9.55 Å². The van der Waals surface area contributed by atoms with Crippen LogP contribution >= 0.6 is 0 Å². The number of rotatable bonds is 5. The molecule has 4 aromatic carbocycles. The van der Waals surface area contributed by atoms with Gasteiger partial charge in [0, 0.05) is 6.54 Å². The van der Waals surface area contributed by atoms with Gasteiger partial charge in [-0.15, -0.1) is 0 Å². The van der Waals surface area contributed by atoms with Crippen LogP contribution in [0.15, 0.2) is 103 Å². The van der Waals surface area contributed by atoms with Gasteiger partial charge in [0.25, 0.3) is 0 Å². The zero-order valence-corrected chi connectivity index (χ0v) is 18.0. The first kappa shape index (κ1) is 19.3. The average Bonchev–Trinajstić information content (AvgIpc) is 3.16. The molecule has 2 heteroatoms. The number of benzene rings is 4. The van der Waals surface area contributed by atoms with Crippen LogP contribution in [0.5, 0.6) is 0 Å². The molecule has 1 aromatic heterocycles. The Balaban J connectivity index is 1.74. The van der Waals surface area contributed by atoms with E-state index in [1.54, 1.807) is 0 Å². The van der Waals surface area contributed by atoms with Gasteiger partial charge in [0.05, 0.1) is 17.0 Å². The molecule has 0 saturated heterocycles. The monoisotopic (exact) mass is 402 g/mol. The zero-order valence-electron chi connectivity index (χ0n) is 18.0. The molecule has 0 spiro atoms. The highest BCUT2D eigenvalue weighted by atomic mass is 15.1. The van der Waals surface area contributed by atoms with Gasteiger partial charge in [0.1, 0.15) is 5.82 Å². The van der Waals surface area contributed by atoms with Crippen molar-refractivity contribution in [3.8, 4) is 0 Å². The lowest BCUT2D eigenvalue weighted by molar-refractivity contribution is 0.720. The number of imidazole rings is 1. The molecule has 5 aromatic rings. The van der Waals surface area contributed by atoms with Gasteiger partial charge in [-0.25, -0.2) is 4.98 Å². The lowest BCUT2D eigenvalue weighted by Crippen LogP contribution is -2.13. The largest absolute Gasteiger partial charge is 0.323 e. The summed E-state index contributed by atoms with van der Waals surface area (Å²) in [4.78, 5) is 5.18. The molecule has 1 heterocycles. The van der Waals surface area contributed by atoms with E-state index in [2.05, 4.69) is 122 Å². The molecule has 0 atom stereocenters. The fourth-order valence-electron chi connectivity index (χ4n) is 4.40. The van der Waals surface area contributed by atoms with Gasteiger partial charge in [-0.2, -0.15) is 0 Å². The number of aryl methyl sites for hydroxylation is 2. The Morgan fingerprint density at radius 2 is 1.32 bits per heavy atom. The van der Waals surface area contributed by atoms with Crippen LogP contribution < -0.4 is 0 Å². The molecule has 0 amide bonds. The Kier molecular flexibility index (Phi) is 5.13. The third kappa shape index (κ3) is 3.77. The van der Waals surface area contributed by atoms with Crippen LogP contribution in [-0.2, 0) is 6.54 Å². The maximum Gasteiger partial charge on any atom is 0.122 e. The van der Waals surface area contributed by atoms with E-state index in [9.17, 15) is 0 Å². The molecule has 152 valence electrons. The minimum atomic E-state index is 0.0694. The van der Waals surface area contributed by atoms with Crippen molar-refractivity contribution in [2.24, 2.45) is 0 Å². The molecule has 0 saturated carbocycles. The van der Waals surface area contributed by atoms with E-state index in [4.69, 9.17) is 4.98 Å². The van der Waals surface area contributed by atoms with Gasteiger partial charge in [0.2, 0.25) is 0 Å². The smallest absolute Gasteiger partial charge is 0.122 e. The molecule has 0 aliphatic rings. The van der Waals surface area contributed by atoms with Crippen LogP contribution in [0.4, 0.5) is 0 Å². The van der Waals surface area contributed by atoms with Gasteiger partial charge in [-0.1, -0.05) is 96.6 Å². The second-order valence-electron chi connectivity index (χ2n) is 8.23. The fourth-order valence-corrected chi connectivity index (χ4v) is 4.40. The first-order valence-corrected chi connectivity index (χ1v) is 10.8. The minimum absolute atomic E-state index is 0.0694. The molecule has 0 radical (unpaired) electrons. The van der Waals surface area contributed by atoms with E-state index < -0.39 is 0 Å². The number of hydrogen-bond donors (Lipinski definition) is 0. The predicted molar refractivity (Wildman–Crippen MR) is 129 cm³/mol. The second-order valence-corrected chi connectivity index (χ2v) is 8.23. The van der Waals surface area contributed by atoms with Crippen molar-refractivity contribution < 1.29 is 0 Å². The Morgan fingerprint density at radius 1 is 0.710 bits per heavy atom. The molecule has 0 N–H and O–H groups in total. The van der Waals surface area contributed by atoms with Gasteiger partial charge in [-0.3, -0.25) is 0 Å². The van der Waals surface area contributed by atoms with E-state index in [0.717, 1.165) is 17.9 Å². The molecule has 0 bridgehead atoms. The van der Waals surface area contributed by atoms with E-state index in [-0.39, 0.29) is 5.92 Å². The molecule has 0 unspecified atom stereocenters. The molecule has 0 aliphatic carbocycles. The molecule has 0 aliphatic heterocycles. The van der Waals surface area contributed by atoms with Gasteiger partial charge in [0.15, 0.2) is 0 Å². The topological polar surface area (TPSA) is 17.8 Å². The Bertz CT molecular complexity index is 1280. The van der Waals surface area contributed by atoms with Crippen LogP contribution in [0.25, 0.3) is 11.0 Å². The summed E-state index contributed by atoms with van der Waals surface area (Å²) in [5, 5.41) is 0. The Morgan fingerprint density at radius 3 is 2.00 bits per heavy atom. The van der Waals surface area contributed by atoms with Crippen molar-refractivity contribution in [1.82, 2.24) is 9.55 Å². The van der Waals surface area contributed by atoms with E-state index in [1.165, 1.54) is 33.3 Å². The lowest BCUT2D eigenvalue weighted by Gasteiger charge is -2.20. The van der Waals surface area contributed by atoms with Crippen molar-refractivity contribution >= 4 is 11.0 Å².